The zero-order chi connectivity index (χ0) is 12.0. The van der Waals surface area contributed by atoms with Gasteiger partial charge in [0.05, 0.1) is 17.6 Å². The molecule has 2 aliphatic rings. The molecule has 2 bridgehead atoms. The quantitative estimate of drug-likeness (QED) is 0.851. The molecule has 2 fully saturated rings. The van der Waals surface area contributed by atoms with E-state index in [1.165, 1.54) is 25.7 Å². The predicted octanol–water partition coefficient (Wildman–Crippen LogP) is 3.09. The van der Waals surface area contributed by atoms with Gasteiger partial charge < -0.3 is 5.73 Å². The molecule has 92 valence electrons. The summed E-state index contributed by atoms with van der Waals surface area (Å²) in [5.74, 6) is 3.81. The molecule has 2 N–H and O–H groups in total. The van der Waals surface area contributed by atoms with E-state index in [1.54, 1.807) is 0 Å². The molecule has 3 atom stereocenters. The van der Waals surface area contributed by atoms with Crippen LogP contribution in [0.4, 0.5) is 5.69 Å². The Morgan fingerprint density at radius 2 is 2.12 bits per heavy atom. The van der Waals surface area contributed by atoms with Crippen molar-refractivity contribution >= 4 is 5.69 Å². The van der Waals surface area contributed by atoms with E-state index in [-0.39, 0.29) is 0 Å². The Labute approximate surface area is 103 Å². The SMILES string of the molecule is CC(C)c1nc(C2CC3CCC2C3)ncc1N. The topological polar surface area (TPSA) is 51.8 Å². The van der Waals surface area contributed by atoms with Gasteiger partial charge in [-0.2, -0.15) is 0 Å². The highest BCUT2D eigenvalue weighted by Gasteiger charge is 2.41. The number of hydrogen-bond donors (Lipinski definition) is 1. The number of nitrogens with two attached hydrogens (primary N) is 1. The van der Waals surface area contributed by atoms with E-state index >= 15 is 0 Å². The number of aromatic nitrogens is 2. The Morgan fingerprint density at radius 3 is 2.71 bits per heavy atom. The Bertz CT molecular complexity index is 427. The molecule has 2 aliphatic carbocycles. The van der Waals surface area contributed by atoms with Crippen LogP contribution in [0.1, 0.15) is 62.9 Å². The molecule has 17 heavy (non-hydrogen) atoms. The molecule has 0 aliphatic heterocycles. The average molecular weight is 231 g/mol. The Morgan fingerprint density at radius 1 is 1.29 bits per heavy atom. The van der Waals surface area contributed by atoms with Gasteiger partial charge in [-0.05, 0) is 37.0 Å². The third-order valence-corrected chi connectivity index (χ3v) is 4.48. The fraction of sp³-hybridized carbons (Fsp3) is 0.714. The van der Waals surface area contributed by atoms with Crippen LogP contribution >= 0.6 is 0 Å². The third-order valence-electron chi connectivity index (χ3n) is 4.48. The lowest BCUT2D eigenvalue weighted by Crippen LogP contribution is -2.14. The molecule has 0 radical (unpaired) electrons. The first-order valence-electron chi connectivity index (χ1n) is 6.77. The van der Waals surface area contributed by atoms with Crippen molar-refractivity contribution in [2.75, 3.05) is 5.73 Å². The summed E-state index contributed by atoms with van der Waals surface area (Å²) >= 11 is 0. The molecule has 3 heteroatoms. The van der Waals surface area contributed by atoms with Gasteiger partial charge in [0.2, 0.25) is 0 Å². The highest BCUT2D eigenvalue weighted by atomic mass is 14.9. The molecular weight excluding hydrogens is 210 g/mol. The highest BCUT2D eigenvalue weighted by molar-refractivity contribution is 5.42. The van der Waals surface area contributed by atoms with Gasteiger partial charge in [-0.1, -0.05) is 20.3 Å². The molecule has 0 saturated heterocycles. The maximum atomic E-state index is 5.94. The number of rotatable bonds is 2. The van der Waals surface area contributed by atoms with Crippen LogP contribution in [-0.2, 0) is 0 Å². The normalized spacial score (nSPS) is 31.4. The molecule has 0 aromatic carbocycles. The lowest BCUT2D eigenvalue weighted by molar-refractivity contribution is 0.404. The molecule has 1 aromatic heterocycles. The smallest absolute Gasteiger partial charge is 0.132 e. The fourth-order valence-corrected chi connectivity index (χ4v) is 3.62. The van der Waals surface area contributed by atoms with Gasteiger partial charge in [-0.25, -0.2) is 9.97 Å². The minimum absolute atomic E-state index is 0.385. The molecule has 0 spiro atoms. The predicted molar refractivity (Wildman–Crippen MR) is 68.7 cm³/mol. The van der Waals surface area contributed by atoms with Gasteiger partial charge in [0.1, 0.15) is 5.82 Å². The van der Waals surface area contributed by atoms with Crippen molar-refractivity contribution in [3.05, 3.63) is 17.7 Å². The van der Waals surface area contributed by atoms with Crippen LogP contribution in [0.15, 0.2) is 6.20 Å². The van der Waals surface area contributed by atoms with Crippen molar-refractivity contribution in [3.63, 3.8) is 0 Å². The van der Waals surface area contributed by atoms with E-state index in [0.29, 0.717) is 11.8 Å². The van der Waals surface area contributed by atoms with E-state index in [1.807, 2.05) is 6.20 Å². The number of nitrogen functional groups attached to an aromatic ring is 1. The van der Waals surface area contributed by atoms with Crippen molar-refractivity contribution < 1.29 is 0 Å². The Kier molecular flexibility index (Phi) is 2.57. The van der Waals surface area contributed by atoms with E-state index in [2.05, 4.69) is 18.8 Å². The molecule has 2 saturated carbocycles. The first kappa shape index (κ1) is 11.0. The average Bonchev–Trinajstić information content (AvgIpc) is 2.91. The van der Waals surface area contributed by atoms with Crippen molar-refractivity contribution in [3.8, 4) is 0 Å². The summed E-state index contributed by atoms with van der Waals surface area (Å²) in [4.78, 5) is 9.22. The zero-order valence-corrected chi connectivity index (χ0v) is 10.7. The molecule has 3 rings (SSSR count). The van der Waals surface area contributed by atoms with Gasteiger partial charge in [0, 0.05) is 5.92 Å². The van der Waals surface area contributed by atoms with Crippen molar-refractivity contribution in [1.29, 1.82) is 0 Å². The Balaban J connectivity index is 1.91. The maximum Gasteiger partial charge on any atom is 0.132 e. The summed E-state index contributed by atoms with van der Waals surface area (Å²) < 4.78 is 0. The largest absolute Gasteiger partial charge is 0.396 e. The van der Waals surface area contributed by atoms with Crippen molar-refractivity contribution in [2.24, 2.45) is 11.8 Å². The van der Waals surface area contributed by atoms with Crippen LogP contribution in [0.5, 0.6) is 0 Å². The third kappa shape index (κ3) is 1.81. The molecular formula is C14H21N3. The summed E-state index contributed by atoms with van der Waals surface area (Å²) in [5, 5.41) is 0. The Hall–Kier alpha value is -1.12. The van der Waals surface area contributed by atoms with E-state index < -0.39 is 0 Å². The van der Waals surface area contributed by atoms with Crippen molar-refractivity contribution in [1.82, 2.24) is 9.97 Å². The van der Waals surface area contributed by atoms with E-state index in [9.17, 15) is 0 Å². The zero-order valence-electron chi connectivity index (χ0n) is 10.7. The number of fused-ring (bicyclic) bond motifs is 2. The summed E-state index contributed by atoms with van der Waals surface area (Å²) in [7, 11) is 0. The van der Waals surface area contributed by atoms with Crippen molar-refractivity contribution in [2.45, 2.75) is 51.4 Å². The van der Waals surface area contributed by atoms with Crippen LogP contribution < -0.4 is 5.73 Å². The number of hydrogen-bond acceptors (Lipinski definition) is 3. The first-order chi connectivity index (χ1) is 8.15. The van der Waals surface area contributed by atoms with Gasteiger partial charge in [-0.15, -0.1) is 0 Å². The summed E-state index contributed by atoms with van der Waals surface area (Å²) in [6, 6.07) is 0. The van der Waals surface area contributed by atoms with Crippen LogP contribution in [-0.4, -0.2) is 9.97 Å². The highest BCUT2D eigenvalue weighted by Crippen LogP contribution is 2.52. The van der Waals surface area contributed by atoms with Crippen LogP contribution in [0.3, 0.4) is 0 Å². The van der Waals surface area contributed by atoms with Crippen LogP contribution in [0.25, 0.3) is 0 Å². The second-order valence-electron chi connectivity index (χ2n) is 6.00. The minimum atomic E-state index is 0.385. The first-order valence-corrected chi connectivity index (χ1v) is 6.77. The van der Waals surface area contributed by atoms with Gasteiger partial charge in [-0.3, -0.25) is 0 Å². The summed E-state index contributed by atoms with van der Waals surface area (Å²) in [6.45, 7) is 4.28. The lowest BCUT2D eigenvalue weighted by Gasteiger charge is -2.21. The number of anilines is 1. The second-order valence-corrected chi connectivity index (χ2v) is 6.00. The van der Waals surface area contributed by atoms with E-state index in [4.69, 9.17) is 10.7 Å². The summed E-state index contributed by atoms with van der Waals surface area (Å²) in [5.41, 5.74) is 7.71. The monoisotopic (exact) mass is 231 g/mol. The standard InChI is InChI=1S/C14H21N3/c1-8(2)13-12(15)7-16-14(17-13)11-6-9-3-4-10(11)5-9/h7-11H,3-6,15H2,1-2H3. The fourth-order valence-electron chi connectivity index (χ4n) is 3.62. The summed E-state index contributed by atoms with van der Waals surface area (Å²) in [6.07, 6.45) is 7.30. The molecule has 3 unspecified atom stereocenters. The molecule has 0 amide bonds. The lowest BCUT2D eigenvalue weighted by atomic mass is 9.88. The van der Waals surface area contributed by atoms with Gasteiger partial charge >= 0.3 is 0 Å². The maximum absolute atomic E-state index is 5.94. The van der Waals surface area contributed by atoms with Gasteiger partial charge in [0.25, 0.3) is 0 Å². The van der Waals surface area contributed by atoms with Crippen LogP contribution in [0, 0.1) is 11.8 Å². The number of nitrogens with zero attached hydrogens (tertiary/aromatic N) is 2. The van der Waals surface area contributed by atoms with Crippen LogP contribution in [0.2, 0.25) is 0 Å². The van der Waals surface area contributed by atoms with E-state index in [0.717, 1.165) is 29.0 Å². The van der Waals surface area contributed by atoms with Gasteiger partial charge in [0.15, 0.2) is 0 Å². The minimum Gasteiger partial charge on any atom is -0.396 e. The second kappa shape index (κ2) is 3.97. The molecule has 1 heterocycles. The molecule has 3 nitrogen and oxygen atoms in total. The molecule has 1 aromatic rings.